The molecule has 2 nitrogen and oxygen atoms in total. The second-order valence-electron chi connectivity index (χ2n) is 1.40. The van der Waals surface area contributed by atoms with Gasteiger partial charge in [-0.1, -0.05) is 0 Å². The summed E-state index contributed by atoms with van der Waals surface area (Å²) in [6, 6.07) is 0. The van der Waals surface area contributed by atoms with E-state index in [0.29, 0.717) is 0 Å². The van der Waals surface area contributed by atoms with Gasteiger partial charge in [-0.25, -0.2) is 0 Å². The monoisotopic (exact) mass is 100 g/mol. The fraction of sp³-hybridized carbons (Fsp3) is 0.400. The standard InChI is InChI=1S/C5H8O2/c1-4(6)3-5(2)7/h3,6H,1-2H3/b4-3+. The van der Waals surface area contributed by atoms with Gasteiger partial charge in [0.1, 0.15) is 0 Å². The van der Waals surface area contributed by atoms with Gasteiger partial charge in [-0.3, -0.25) is 4.79 Å². The van der Waals surface area contributed by atoms with E-state index in [1.807, 2.05) is 0 Å². The highest BCUT2D eigenvalue weighted by atomic mass is 16.3. The van der Waals surface area contributed by atoms with Gasteiger partial charge in [0.2, 0.25) is 0 Å². The van der Waals surface area contributed by atoms with E-state index >= 15 is 0 Å². The summed E-state index contributed by atoms with van der Waals surface area (Å²) in [6.45, 7) is 2.85. The number of hydrogen-bond donors (Lipinski definition) is 1. The van der Waals surface area contributed by atoms with Crippen LogP contribution < -0.4 is 0 Å². The molecule has 1 N–H and O–H groups in total. The van der Waals surface area contributed by atoms with Gasteiger partial charge in [0.15, 0.2) is 5.78 Å². The molecule has 7 heavy (non-hydrogen) atoms. The second kappa shape index (κ2) is 2.39. The Labute approximate surface area is 42.5 Å². The lowest BCUT2D eigenvalue weighted by Gasteiger charge is -1.80. The van der Waals surface area contributed by atoms with Crippen molar-refractivity contribution in [1.29, 1.82) is 0 Å². The summed E-state index contributed by atoms with van der Waals surface area (Å²) in [5.74, 6) is -0.0625. The SMILES string of the molecule is CC(=O)/C=C(\C)O. The zero-order chi connectivity index (χ0) is 5.86. The summed E-state index contributed by atoms with van der Waals surface area (Å²) >= 11 is 0. The zero-order valence-corrected chi connectivity index (χ0v) is 4.43. The van der Waals surface area contributed by atoms with Crippen LogP contribution >= 0.6 is 0 Å². The summed E-state index contributed by atoms with van der Waals surface area (Å²) in [6.07, 6.45) is 1.17. The molecule has 0 saturated heterocycles. The number of rotatable bonds is 1. The minimum Gasteiger partial charge on any atom is -0.512 e. The molecule has 0 aromatic heterocycles. The lowest BCUT2D eigenvalue weighted by Crippen LogP contribution is -1.82. The number of aliphatic hydroxyl groups is 1. The average Bonchev–Trinajstić information content (AvgIpc) is 1.27. The van der Waals surface area contributed by atoms with Crippen molar-refractivity contribution in [3.63, 3.8) is 0 Å². The Morgan fingerprint density at radius 2 is 2.00 bits per heavy atom. The average molecular weight is 100 g/mol. The van der Waals surface area contributed by atoms with E-state index < -0.39 is 0 Å². The first-order chi connectivity index (χ1) is 3.13. The van der Waals surface area contributed by atoms with E-state index in [9.17, 15) is 4.79 Å². The number of ketones is 1. The van der Waals surface area contributed by atoms with Gasteiger partial charge in [0.25, 0.3) is 0 Å². The van der Waals surface area contributed by atoms with Crippen molar-refractivity contribution in [3.05, 3.63) is 11.8 Å². The molecule has 0 rings (SSSR count). The van der Waals surface area contributed by atoms with Crippen LogP contribution in [0.15, 0.2) is 11.8 Å². The molecule has 0 aromatic carbocycles. The Bertz CT molecular complexity index is 98.6. The molecule has 0 fully saturated rings. The molecule has 0 bridgehead atoms. The molecule has 40 valence electrons. The van der Waals surface area contributed by atoms with Crippen LogP contribution in [-0.4, -0.2) is 10.9 Å². The molecule has 0 heterocycles. The Morgan fingerprint density at radius 3 is 2.00 bits per heavy atom. The third-order valence-corrected chi connectivity index (χ3v) is 0.412. The molecule has 0 aliphatic rings. The van der Waals surface area contributed by atoms with Crippen LogP contribution in [0.25, 0.3) is 0 Å². The van der Waals surface area contributed by atoms with Crippen LogP contribution in [0.5, 0.6) is 0 Å². The topological polar surface area (TPSA) is 37.3 Å². The Kier molecular flexibility index (Phi) is 2.12. The van der Waals surface area contributed by atoms with Gasteiger partial charge < -0.3 is 5.11 Å². The molecule has 0 saturated carbocycles. The molecule has 0 amide bonds. The van der Waals surface area contributed by atoms with Gasteiger partial charge >= 0.3 is 0 Å². The van der Waals surface area contributed by atoms with Crippen molar-refractivity contribution in [2.75, 3.05) is 0 Å². The van der Waals surface area contributed by atoms with Gasteiger partial charge in [0, 0.05) is 6.08 Å². The van der Waals surface area contributed by atoms with Crippen molar-refractivity contribution in [2.24, 2.45) is 0 Å². The van der Waals surface area contributed by atoms with Gasteiger partial charge in [-0.05, 0) is 13.8 Å². The zero-order valence-electron chi connectivity index (χ0n) is 4.43. The molecular formula is C5H8O2. The summed E-state index contributed by atoms with van der Waals surface area (Å²) in [5, 5.41) is 8.36. The van der Waals surface area contributed by atoms with E-state index in [0.717, 1.165) is 0 Å². The second-order valence-corrected chi connectivity index (χ2v) is 1.40. The third kappa shape index (κ3) is 5.21. The largest absolute Gasteiger partial charge is 0.512 e. The highest BCUT2D eigenvalue weighted by Crippen LogP contribution is 1.82. The highest BCUT2D eigenvalue weighted by molar-refractivity contribution is 5.87. The molecular weight excluding hydrogens is 92.1 g/mol. The maximum Gasteiger partial charge on any atom is 0.155 e. The fourth-order valence-electron chi connectivity index (χ4n) is 0.294. The normalized spacial score (nSPS) is 11.4. The van der Waals surface area contributed by atoms with Gasteiger partial charge in [-0.15, -0.1) is 0 Å². The highest BCUT2D eigenvalue weighted by Gasteiger charge is 1.82. The van der Waals surface area contributed by atoms with Crippen LogP contribution in [0.4, 0.5) is 0 Å². The number of hydrogen-bond acceptors (Lipinski definition) is 2. The van der Waals surface area contributed by atoms with E-state index in [2.05, 4.69) is 0 Å². The maximum atomic E-state index is 10.0. The molecule has 0 atom stereocenters. The molecule has 2 heteroatoms. The molecule has 0 aromatic rings. The van der Waals surface area contributed by atoms with Crippen LogP contribution in [0.2, 0.25) is 0 Å². The van der Waals surface area contributed by atoms with E-state index in [1.165, 1.54) is 19.9 Å². The number of carbonyl (C=O) groups is 1. The van der Waals surface area contributed by atoms with Crippen molar-refractivity contribution in [3.8, 4) is 0 Å². The van der Waals surface area contributed by atoms with Gasteiger partial charge in [0.05, 0.1) is 5.76 Å². The first kappa shape index (κ1) is 6.21. The molecule has 0 aliphatic heterocycles. The first-order valence-electron chi connectivity index (χ1n) is 2.01. The van der Waals surface area contributed by atoms with Crippen LogP contribution in [0.3, 0.4) is 0 Å². The molecule has 0 aliphatic carbocycles. The number of carbonyl (C=O) groups excluding carboxylic acids is 1. The fourth-order valence-corrected chi connectivity index (χ4v) is 0.294. The van der Waals surface area contributed by atoms with E-state index in [-0.39, 0.29) is 11.5 Å². The first-order valence-corrected chi connectivity index (χ1v) is 2.01. The lowest BCUT2D eigenvalue weighted by molar-refractivity contribution is -0.112. The van der Waals surface area contributed by atoms with E-state index in [4.69, 9.17) is 5.11 Å². The van der Waals surface area contributed by atoms with Crippen LogP contribution in [0.1, 0.15) is 13.8 Å². The molecule has 0 unspecified atom stereocenters. The Hall–Kier alpha value is -0.790. The van der Waals surface area contributed by atoms with Crippen molar-refractivity contribution < 1.29 is 9.90 Å². The minimum atomic E-state index is -0.125. The maximum absolute atomic E-state index is 10.0. The van der Waals surface area contributed by atoms with Gasteiger partial charge in [-0.2, -0.15) is 0 Å². The minimum absolute atomic E-state index is 0.0625. The van der Waals surface area contributed by atoms with Crippen LogP contribution in [0, 0.1) is 0 Å². The van der Waals surface area contributed by atoms with Crippen molar-refractivity contribution in [1.82, 2.24) is 0 Å². The third-order valence-electron chi connectivity index (χ3n) is 0.412. The molecule has 0 spiro atoms. The Balaban J connectivity index is 3.68. The van der Waals surface area contributed by atoms with E-state index in [1.54, 1.807) is 0 Å². The number of aliphatic hydroxyl groups excluding tert-OH is 1. The Morgan fingerprint density at radius 1 is 1.57 bits per heavy atom. The summed E-state index contributed by atoms with van der Waals surface area (Å²) in [7, 11) is 0. The van der Waals surface area contributed by atoms with Crippen LogP contribution in [-0.2, 0) is 4.79 Å². The predicted molar refractivity (Wildman–Crippen MR) is 27.1 cm³/mol. The quantitative estimate of drug-likeness (QED) is 0.395. The van der Waals surface area contributed by atoms with Crippen molar-refractivity contribution >= 4 is 5.78 Å². The lowest BCUT2D eigenvalue weighted by atomic mass is 10.4. The smallest absolute Gasteiger partial charge is 0.155 e. The summed E-state index contributed by atoms with van der Waals surface area (Å²) < 4.78 is 0. The summed E-state index contributed by atoms with van der Waals surface area (Å²) in [4.78, 5) is 10.0. The van der Waals surface area contributed by atoms with Crippen molar-refractivity contribution in [2.45, 2.75) is 13.8 Å². The summed E-state index contributed by atoms with van der Waals surface area (Å²) in [5.41, 5.74) is 0. The predicted octanol–water partition coefficient (Wildman–Crippen LogP) is 1.04. The number of allylic oxidation sites excluding steroid dienone is 2. The molecule has 0 radical (unpaired) electrons.